The second-order valence-electron chi connectivity index (χ2n) is 5.95. The number of fused-ring (bicyclic) bond motifs is 1. The number of hydrogen-bond donors (Lipinski definition) is 2. The van der Waals surface area contributed by atoms with Crippen LogP contribution >= 0.6 is 0 Å². The Morgan fingerprint density at radius 2 is 2.21 bits per heavy atom. The van der Waals surface area contributed by atoms with Crippen LogP contribution in [-0.4, -0.2) is 30.8 Å². The van der Waals surface area contributed by atoms with Crippen molar-refractivity contribution in [2.24, 2.45) is 5.92 Å². The van der Waals surface area contributed by atoms with Crippen molar-refractivity contribution in [3.63, 3.8) is 0 Å². The van der Waals surface area contributed by atoms with E-state index >= 15 is 0 Å². The van der Waals surface area contributed by atoms with E-state index < -0.39 is 6.04 Å². The van der Waals surface area contributed by atoms with E-state index in [0.29, 0.717) is 29.0 Å². The molecular formula is C15H19N7O2. The minimum Gasteiger partial charge on any atom is -0.337 e. The number of amides is 2. The molecule has 0 spiro atoms. The van der Waals surface area contributed by atoms with Gasteiger partial charge < -0.3 is 15.2 Å². The molecule has 3 heterocycles. The fourth-order valence-electron chi connectivity index (χ4n) is 2.26. The molecule has 2 amide bonds. The highest BCUT2D eigenvalue weighted by atomic mass is 16.5. The minimum atomic E-state index is -0.406. The zero-order valence-corrected chi connectivity index (χ0v) is 13.7. The third kappa shape index (κ3) is 3.50. The molecule has 0 aliphatic carbocycles. The van der Waals surface area contributed by atoms with Crippen LogP contribution in [0.1, 0.15) is 38.5 Å². The summed E-state index contributed by atoms with van der Waals surface area (Å²) in [4.78, 5) is 16.5. The lowest BCUT2D eigenvalue weighted by Gasteiger charge is -2.11. The number of urea groups is 1. The van der Waals surface area contributed by atoms with Gasteiger partial charge in [0.1, 0.15) is 12.4 Å². The number of anilines is 1. The van der Waals surface area contributed by atoms with Crippen LogP contribution in [0.25, 0.3) is 5.65 Å². The minimum absolute atomic E-state index is 0.376. The molecule has 0 bridgehead atoms. The van der Waals surface area contributed by atoms with Crippen molar-refractivity contribution in [1.29, 1.82) is 0 Å². The fourth-order valence-corrected chi connectivity index (χ4v) is 2.26. The fraction of sp³-hybridized carbons (Fsp3) is 0.400. The van der Waals surface area contributed by atoms with Gasteiger partial charge in [-0.05, 0) is 25.0 Å². The number of rotatable bonds is 5. The second-order valence-corrected chi connectivity index (χ2v) is 5.95. The predicted octanol–water partition coefficient (Wildman–Crippen LogP) is 2.19. The van der Waals surface area contributed by atoms with Crippen LogP contribution in [0.3, 0.4) is 0 Å². The monoisotopic (exact) mass is 329 g/mol. The Morgan fingerprint density at radius 3 is 3.00 bits per heavy atom. The molecule has 0 saturated heterocycles. The summed E-state index contributed by atoms with van der Waals surface area (Å²) in [6, 6.07) is 2.76. The van der Waals surface area contributed by atoms with Crippen molar-refractivity contribution < 1.29 is 9.32 Å². The van der Waals surface area contributed by atoms with Gasteiger partial charge in [-0.1, -0.05) is 19.0 Å². The van der Waals surface area contributed by atoms with Crippen molar-refractivity contribution in [3.05, 3.63) is 36.4 Å². The van der Waals surface area contributed by atoms with Crippen LogP contribution < -0.4 is 10.6 Å². The van der Waals surface area contributed by atoms with E-state index in [4.69, 9.17) is 4.52 Å². The molecule has 0 aliphatic rings. The zero-order valence-electron chi connectivity index (χ0n) is 13.7. The third-order valence-electron chi connectivity index (χ3n) is 3.36. The van der Waals surface area contributed by atoms with Gasteiger partial charge in [0.05, 0.1) is 5.69 Å². The Labute approximate surface area is 138 Å². The molecule has 0 aromatic carbocycles. The van der Waals surface area contributed by atoms with Crippen LogP contribution in [0, 0.1) is 5.92 Å². The van der Waals surface area contributed by atoms with Gasteiger partial charge in [-0.3, -0.25) is 4.40 Å². The van der Waals surface area contributed by atoms with E-state index in [-0.39, 0.29) is 6.03 Å². The molecular weight excluding hydrogens is 310 g/mol. The summed E-state index contributed by atoms with van der Waals surface area (Å²) < 4.78 is 6.92. The number of pyridine rings is 1. The summed E-state index contributed by atoms with van der Waals surface area (Å²) in [5, 5.41) is 17.2. The predicted molar refractivity (Wildman–Crippen MR) is 86.4 cm³/mol. The van der Waals surface area contributed by atoms with Crippen molar-refractivity contribution in [2.45, 2.75) is 33.2 Å². The van der Waals surface area contributed by atoms with Crippen molar-refractivity contribution >= 4 is 17.4 Å². The summed E-state index contributed by atoms with van der Waals surface area (Å²) in [6.45, 7) is 5.94. The van der Waals surface area contributed by atoms with Gasteiger partial charge in [0.25, 0.3) is 0 Å². The molecule has 0 saturated carbocycles. The number of nitrogens with one attached hydrogen (secondary N) is 2. The van der Waals surface area contributed by atoms with Gasteiger partial charge in [-0.2, -0.15) is 4.98 Å². The zero-order chi connectivity index (χ0) is 17.1. The number of aromatic nitrogens is 5. The number of nitrogens with zero attached hydrogens (tertiary/aromatic N) is 5. The third-order valence-corrected chi connectivity index (χ3v) is 3.36. The molecule has 0 radical (unpaired) electrons. The maximum Gasteiger partial charge on any atom is 0.319 e. The average Bonchev–Trinajstić information content (AvgIpc) is 3.15. The van der Waals surface area contributed by atoms with Gasteiger partial charge in [-0.15, -0.1) is 10.2 Å². The van der Waals surface area contributed by atoms with Crippen molar-refractivity contribution in [3.8, 4) is 0 Å². The maximum absolute atomic E-state index is 12.2. The summed E-state index contributed by atoms with van der Waals surface area (Å²) in [5.41, 5.74) is 1.13. The molecule has 2 N–H and O–H groups in total. The van der Waals surface area contributed by atoms with Gasteiger partial charge in [0.2, 0.25) is 5.89 Å². The van der Waals surface area contributed by atoms with Crippen LogP contribution in [0.5, 0.6) is 0 Å². The van der Waals surface area contributed by atoms with Crippen LogP contribution in [0.4, 0.5) is 10.5 Å². The first-order valence-corrected chi connectivity index (χ1v) is 7.71. The SMILES string of the molecule is CC(C)Cc1noc([C@@H](C)NC(=O)Nc2cccn3cnnc23)n1. The van der Waals surface area contributed by atoms with E-state index in [2.05, 4.69) is 44.8 Å². The lowest BCUT2D eigenvalue weighted by atomic mass is 10.1. The Morgan fingerprint density at radius 1 is 1.38 bits per heavy atom. The molecule has 3 aromatic rings. The average molecular weight is 329 g/mol. The van der Waals surface area contributed by atoms with E-state index in [1.165, 1.54) is 0 Å². The Hall–Kier alpha value is -2.97. The van der Waals surface area contributed by atoms with Gasteiger partial charge >= 0.3 is 6.03 Å². The second kappa shape index (κ2) is 6.65. The van der Waals surface area contributed by atoms with Gasteiger partial charge in [0.15, 0.2) is 11.5 Å². The lowest BCUT2D eigenvalue weighted by molar-refractivity contribution is 0.245. The number of carbonyl (C=O) groups excluding carboxylic acids is 1. The van der Waals surface area contributed by atoms with E-state index in [9.17, 15) is 4.79 Å². The van der Waals surface area contributed by atoms with Crippen molar-refractivity contribution in [2.75, 3.05) is 5.32 Å². The highest BCUT2D eigenvalue weighted by Crippen LogP contribution is 2.15. The highest BCUT2D eigenvalue weighted by Gasteiger charge is 2.17. The quantitative estimate of drug-likeness (QED) is 0.742. The first kappa shape index (κ1) is 15.9. The van der Waals surface area contributed by atoms with E-state index in [1.807, 2.05) is 0 Å². The molecule has 0 unspecified atom stereocenters. The Kier molecular flexibility index (Phi) is 4.41. The molecule has 3 aromatic heterocycles. The Bertz CT molecular complexity index is 839. The summed E-state index contributed by atoms with van der Waals surface area (Å²) >= 11 is 0. The molecule has 9 nitrogen and oxygen atoms in total. The summed E-state index contributed by atoms with van der Waals surface area (Å²) in [5.74, 6) is 1.45. The van der Waals surface area contributed by atoms with Gasteiger partial charge in [-0.25, -0.2) is 4.79 Å². The maximum atomic E-state index is 12.2. The van der Waals surface area contributed by atoms with E-state index in [1.54, 1.807) is 36.0 Å². The highest BCUT2D eigenvalue weighted by molar-refractivity contribution is 5.93. The molecule has 1 atom stereocenters. The standard InChI is InChI=1S/C15H19N7O2/c1-9(2)7-12-19-14(24-21-12)10(3)17-15(23)18-11-5-4-6-22-8-16-20-13(11)22/h4-6,8-10H,7H2,1-3H3,(H2,17,18,23)/t10-/m1/s1. The molecule has 0 fully saturated rings. The lowest BCUT2D eigenvalue weighted by Crippen LogP contribution is -2.31. The molecule has 126 valence electrons. The summed E-state index contributed by atoms with van der Waals surface area (Å²) in [6.07, 6.45) is 4.10. The number of hydrogen-bond acceptors (Lipinski definition) is 6. The molecule has 3 rings (SSSR count). The van der Waals surface area contributed by atoms with Crippen LogP contribution in [-0.2, 0) is 6.42 Å². The summed E-state index contributed by atoms with van der Waals surface area (Å²) in [7, 11) is 0. The van der Waals surface area contributed by atoms with Gasteiger partial charge in [0, 0.05) is 12.6 Å². The molecule has 0 aliphatic heterocycles. The van der Waals surface area contributed by atoms with Crippen LogP contribution in [0.15, 0.2) is 29.2 Å². The largest absolute Gasteiger partial charge is 0.337 e. The first-order valence-electron chi connectivity index (χ1n) is 7.71. The van der Waals surface area contributed by atoms with E-state index in [0.717, 1.165) is 6.42 Å². The first-order chi connectivity index (χ1) is 11.5. The number of carbonyl (C=O) groups is 1. The normalized spacial score (nSPS) is 12.5. The topological polar surface area (TPSA) is 110 Å². The Balaban J connectivity index is 1.64. The van der Waals surface area contributed by atoms with Crippen molar-refractivity contribution in [1.82, 2.24) is 30.1 Å². The van der Waals surface area contributed by atoms with Crippen LogP contribution in [0.2, 0.25) is 0 Å². The molecule has 9 heteroatoms. The smallest absolute Gasteiger partial charge is 0.319 e. The molecule has 24 heavy (non-hydrogen) atoms.